The number of hydrogen-bond acceptors (Lipinski definition) is 2. The number of aromatic carboxylic acids is 1. The van der Waals surface area contributed by atoms with Crippen LogP contribution in [0, 0.1) is 17.5 Å². The van der Waals surface area contributed by atoms with Gasteiger partial charge in [-0.15, -0.1) is 11.3 Å². The van der Waals surface area contributed by atoms with Crippen LogP contribution in [0.5, 0.6) is 0 Å². The van der Waals surface area contributed by atoms with Gasteiger partial charge in [0, 0.05) is 26.8 Å². The van der Waals surface area contributed by atoms with Crippen LogP contribution in [0.2, 0.25) is 0 Å². The van der Waals surface area contributed by atoms with Crippen LogP contribution in [0.1, 0.15) is 34.0 Å². The smallest absolute Gasteiger partial charge is 0.346 e. The number of carboxylic acid groups (broad SMARTS) is 1. The number of hydrogen-bond donors (Lipinski definition) is 1. The minimum Gasteiger partial charge on any atom is -0.477 e. The van der Waals surface area contributed by atoms with E-state index < -0.39 is 23.4 Å². The molecule has 0 radical (unpaired) electrons. The van der Waals surface area contributed by atoms with E-state index in [2.05, 4.69) is 0 Å². The first kappa shape index (κ1) is 15.2. The van der Waals surface area contributed by atoms with Crippen LogP contribution < -0.4 is 0 Å². The molecule has 1 N–H and O–H groups in total. The van der Waals surface area contributed by atoms with Crippen LogP contribution in [0.15, 0.2) is 30.3 Å². The van der Waals surface area contributed by atoms with E-state index in [4.69, 9.17) is 0 Å². The van der Waals surface area contributed by atoms with Gasteiger partial charge in [-0.25, -0.2) is 18.0 Å². The molecule has 2 nitrogen and oxygen atoms in total. The van der Waals surface area contributed by atoms with Crippen molar-refractivity contribution in [2.24, 2.45) is 0 Å². The number of benzene rings is 2. The lowest BCUT2D eigenvalue weighted by Crippen LogP contribution is -2.00. The molecule has 24 heavy (non-hydrogen) atoms. The molecule has 2 aromatic carbocycles. The Balaban J connectivity index is 2.04. The monoisotopic (exact) mass is 348 g/mol. The number of halogens is 3. The molecule has 4 rings (SSSR count). The van der Waals surface area contributed by atoms with Gasteiger partial charge < -0.3 is 5.11 Å². The van der Waals surface area contributed by atoms with Crippen molar-refractivity contribution in [3.8, 4) is 11.1 Å². The molecule has 0 atom stereocenters. The highest BCUT2D eigenvalue weighted by Gasteiger charge is 2.32. The average molecular weight is 348 g/mol. The van der Waals surface area contributed by atoms with Gasteiger partial charge >= 0.3 is 5.97 Å². The van der Waals surface area contributed by atoms with E-state index in [-0.39, 0.29) is 27.5 Å². The summed E-state index contributed by atoms with van der Waals surface area (Å²) in [5.41, 5.74) is 0.251. The van der Waals surface area contributed by atoms with E-state index in [1.165, 1.54) is 30.3 Å². The summed E-state index contributed by atoms with van der Waals surface area (Å²) < 4.78 is 42.8. The largest absolute Gasteiger partial charge is 0.477 e. The molecule has 1 aliphatic carbocycles. The average Bonchev–Trinajstić information content (AvgIpc) is 3.28. The molecule has 0 saturated heterocycles. The van der Waals surface area contributed by atoms with Crippen LogP contribution in [-0.4, -0.2) is 11.1 Å². The lowest BCUT2D eigenvalue weighted by molar-refractivity contribution is 0.0703. The van der Waals surface area contributed by atoms with E-state index in [0.29, 0.717) is 10.1 Å². The second-order valence-electron chi connectivity index (χ2n) is 5.85. The number of carboxylic acids is 1. The lowest BCUT2D eigenvalue weighted by Gasteiger charge is -2.10. The van der Waals surface area contributed by atoms with Gasteiger partial charge in [0.1, 0.15) is 22.3 Å². The predicted octanol–water partition coefficient (Wildman–Crippen LogP) is 5.56. The highest BCUT2D eigenvalue weighted by molar-refractivity contribution is 7.21. The van der Waals surface area contributed by atoms with Gasteiger partial charge in [-0.1, -0.05) is 0 Å². The summed E-state index contributed by atoms with van der Waals surface area (Å²) in [7, 11) is 0. The Bertz CT molecular complexity index is 990. The molecule has 0 amide bonds. The van der Waals surface area contributed by atoms with Crippen LogP contribution >= 0.6 is 11.3 Å². The van der Waals surface area contributed by atoms with E-state index in [9.17, 15) is 23.1 Å². The van der Waals surface area contributed by atoms with Crippen molar-refractivity contribution >= 4 is 27.4 Å². The van der Waals surface area contributed by atoms with Crippen LogP contribution in [-0.2, 0) is 0 Å². The highest BCUT2D eigenvalue weighted by Crippen LogP contribution is 2.46. The van der Waals surface area contributed by atoms with Gasteiger partial charge in [0.05, 0.1) is 0 Å². The van der Waals surface area contributed by atoms with Crippen molar-refractivity contribution in [2.45, 2.75) is 18.8 Å². The van der Waals surface area contributed by atoms with E-state index in [1.54, 1.807) is 0 Å². The van der Waals surface area contributed by atoms with Gasteiger partial charge in [-0.05, 0) is 49.1 Å². The zero-order valence-electron chi connectivity index (χ0n) is 12.3. The Morgan fingerprint density at radius 2 is 1.88 bits per heavy atom. The maximum absolute atomic E-state index is 14.9. The third kappa shape index (κ3) is 2.29. The summed E-state index contributed by atoms with van der Waals surface area (Å²) in [6.07, 6.45) is 1.44. The molecule has 0 aliphatic heterocycles. The summed E-state index contributed by atoms with van der Waals surface area (Å²) in [6.45, 7) is 0. The molecule has 122 valence electrons. The Hall–Kier alpha value is -2.34. The molecule has 1 heterocycles. The Morgan fingerprint density at radius 3 is 2.54 bits per heavy atom. The first-order valence-corrected chi connectivity index (χ1v) is 8.22. The van der Waals surface area contributed by atoms with Crippen molar-refractivity contribution in [3.05, 3.63) is 58.2 Å². The molecule has 0 unspecified atom stereocenters. The minimum absolute atomic E-state index is 0.0188. The van der Waals surface area contributed by atoms with Gasteiger partial charge in [-0.2, -0.15) is 0 Å². The normalized spacial score (nSPS) is 14.3. The SMILES string of the molecule is O=C(O)c1sc2cc(F)ccc2c1-c1ccc(F)c(C2CC2)c1F. The quantitative estimate of drug-likeness (QED) is 0.673. The predicted molar refractivity (Wildman–Crippen MR) is 86.1 cm³/mol. The number of fused-ring (bicyclic) bond motifs is 1. The maximum Gasteiger partial charge on any atom is 0.346 e. The van der Waals surface area contributed by atoms with Crippen molar-refractivity contribution in [3.63, 3.8) is 0 Å². The van der Waals surface area contributed by atoms with Gasteiger partial charge in [0.15, 0.2) is 0 Å². The van der Waals surface area contributed by atoms with Crippen molar-refractivity contribution < 1.29 is 23.1 Å². The molecule has 0 bridgehead atoms. The first-order chi connectivity index (χ1) is 11.5. The molecule has 1 saturated carbocycles. The summed E-state index contributed by atoms with van der Waals surface area (Å²) in [5, 5.41) is 9.90. The number of thiophene rings is 1. The van der Waals surface area contributed by atoms with Crippen LogP contribution in [0.25, 0.3) is 21.2 Å². The molecular formula is C18H11F3O2S. The molecule has 1 aromatic heterocycles. The molecular weight excluding hydrogens is 337 g/mol. The van der Waals surface area contributed by atoms with Gasteiger partial charge in [0.25, 0.3) is 0 Å². The molecule has 6 heteroatoms. The molecule has 0 spiro atoms. The van der Waals surface area contributed by atoms with Crippen molar-refractivity contribution in [2.75, 3.05) is 0 Å². The number of rotatable bonds is 3. The zero-order valence-corrected chi connectivity index (χ0v) is 13.1. The Morgan fingerprint density at radius 1 is 1.12 bits per heavy atom. The van der Waals surface area contributed by atoms with Crippen molar-refractivity contribution in [1.82, 2.24) is 0 Å². The Labute approximate surface area is 139 Å². The maximum atomic E-state index is 14.9. The highest BCUT2D eigenvalue weighted by atomic mass is 32.1. The summed E-state index contributed by atoms with van der Waals surface area (Å²) in [6, 6.07) is 6.29. The summed E-state index contributed by atoms with van der Waals surface area (Å²) in [5.74, 6) is -3.19. The molecule has 1 aliphatic rings. The second-order valence-corrected chi connectivity index (χ2v) is 6.90. The topological polar surface area (TPSA) is 37.3 Å². The third-order valence-corrected chi connectivity index (χ3v) is 5.37. The van der Waals surface area contributed by atoms with E-state index in [1.807, 2.05) is 0 Å². The fourth-order valence-corrected chi connectivity index (χ4v) is 4.08. The van der Waals surface area contributed by atoms with Crippen LogP contribution in [0.3, 0.4) is 0 Å². The van der Waals surface area contributed by atoms with E-state index >= 15 is 0 Å². The summed E-state index contributed by atoms with van der Waals surface area (Å²) in [4.78, 5) is 11.5. The fourth-order valence-electron chi connectivity index (χ4n) is 3.00. The van der Waals surface area contributed by atoms with Gasteiger partial charge in [-0.3, -0.25) is 0 Å². The first-order valence-electron chi connectivity index (χ1n) is 7.41. The third-order valence-electron chi connectivity index (χ3n) is 4.23. The van der Waals surface area contributed by atoms with Gasteiger partial charge in [0.2, 0.25) is 0 Å². The zero-order chi connectivity index (χ0) is 17.0. The summed E-state index contributed by atoms with van der Waals surface area (Å²) >= 11 is 0.884. The lowest BCUT2D eigenvalue weighted by atomic mass is 9.97. The fraction of sp³-hybridized carbons (Fsp3) is 0.167. The number of carbonyl (C=O) groups is 1. The second kappa shape index (κ2) is 5.34. The van der Waals surface area contributed by atoms with Crippen LogP contribution in [0.4, 0.5) is 13.2 Å². The molecule has 3 aromatic rings. The van der Waals surface area contributed by atoms with Crippen molar-refractivity contribution in [1.29, 1.82) is 0 Å². The Kier molecular flexibility index (Phi) is 3.38. The molecule has 1 fully saturated rings. The van der Waals surface area contributed by atoms with E-state index in [0.717, 1.165) is 24.2 Å². The standard InChI is InChI=1S/C18H11F3O2S/c19-9-3-4-10-13(7-9)24-17(18(22)23)15(10)11-5-6-12(20)14(16(11)21)8-1-2-8/h3-8H,1-2H2,(H,22,23). The minimum atomic E-state index is -1.22.